The number of nitrogens with two attached hydrogens (primary N) is 1. The lowest BCUT2D eigenvalue weighted by atomic mass is 9.97. The lowest BCUT2D eigenvalue weighted by Crippen LogP contribution is -2.34. The Morgan fingerprint density at radius 3 is 2.45 bits per heavy atom. The molecule has 108 valence electrons. The van der Waals surface area contributed by atoms with Gasteiger partial charge < -0.3 is 10.7 Å². The molecule has 0 aliphatic carbocycles. The van der Waals surface area contributed by atoms with Gasteiger partial charge in [0.2, 0.25) is 0 Å². The predicted molar refractivity (Wildman–Crippen MR) is 84.6 cm³/mol. The molecule has 0 aliphatic rings. The molecule has 20 heavy (non-hydrogen) atoms. The molecule has 0 fully saturated rings. The second-order valence-electron chi connectivity index (χ2n) is 6.04. The molecule has 2 aromatic rings. The third kappa shape index (κ3) is 2.93. The molecule has 1 aromatic carbocycles. The van der Waals surface area contributed by atoms with Crippen molar-refractivity contribution in [3.63, 3.8) is 0 Å². The van der Waals surface area contributed by atoms with Gasteiger partial charge in [0, 0.05) is 11.3 Å². The maximum atomic E-state index is 6.42. The van der Waals surface area contributed by atoms with Crippen molar-refractivity contribution < 1.29 is 0 Å². The van der Waals surface area contributed by atoms with Gasteiger partial charge in [0.05, 0.1) is 11.2 Å². The van der Waals surface area contributed by atoms with E-state index in [1.165, 1.54) is 5.69 Å². The van der Waals surface area contributed by atoms with Gasteiger partial charge in [-0.05, 0) is 19.3 Å². The molecule has 0 bridgehead atoms. The number of hydrogen-bond donors (Lipinski definition) is 2. The van der Waals surface area contributed by atoms with E-state index in [2.05, 4.69) is 37.9 Å². The van der Waals surface area contributed by atoms with Gasteiger partial charge in [0.15, 0.2) is 0 Å². The maximum Gasteiger partial charge on any atom is 0.126 e. The normalized spacial score (nSPS) is 14.5. The highest BCUT2D eigenvalue weighted by Gasteiger charge is 2.26. The quantitative estimate of drug-likeness (QED) is 0.857. The van der Waals surface area contributed by atoms with E-state index in [0.717, 1.165) is 29.9 Å². The minimum atomic E-state index is -0.397. The average molecular weight is 271 g/mol. The summed E-state index contributed by atoms with van der Waals surface area (Å²) in [6.45, 7) is 8.55. The topological polar surface area (TPSA) is 54.7 Å². The van der Waals surface area contributed by atoms with Gasteiger partial charge in [0.25, 0.3) is 0 Å². The Labute approximate surface area is 121 Å². The molecule has 3 nitrogen and oxygen atoms in total. The Balaban J connectivity index is 2.50. The van der Waals surface area contributed by atoms with Crippen LogP contribution in [0.3, 0.4) is 0 Å². The largest absolute Gasteiger partial charge is 0.344 e. The van der Waals surface area contributed by atoms with Crippen LogP contribution < -0.4 is 5.73 Å². The monoisotopic (exact) mass is 271 g/mol. The number of imidazole rings is 1. The van der Waals surface area contributed by atoms with E-state index < -0.39 is 5.54 Å². The van der Waals surface area contributed by atoms with E-state index >= 15 is 0 Å². The van der Waals surface area contributed by atoms with Crippen LogP contribution in [0.2, 0.25) is 0 Å². The summed E-state index contributed by atoms with van der Waals surface area (Å²) in [5.74, 6) is 1.28. The summed E-state index contributed by atoms with van der Waals surface area (Å²) in [5, 5.41) is 0. The molecule has 1 atom stereocenters. The molecular formula is C17H25N3. The summed E-state index contributed by atoms with van der Waals surface area (Å²) in [6.07, 6.45) is 1.97. The summed E-state index contributed by atoms with van der Waals surface area (Å²) < 4.78 is 0. The lowest BCUT2D eigenvalue weighted by molar-refractivity contribution is 0.422. The zero-order chi connectivity index (χ0) is 14.8. The Morgan fingerprint density at radius 1 is 1.25 bits per heavy atom. The SMILES string of the molecule is CCCC(C)(N)c1nc(-c2ccccc2)c(C(C)C)[nH]1. The molecular weight excluding hydrogens is 246 g/mol. The summed E-state index contributed by atoms with van der Waals surface area (Å²) >= 11 is 0. The number of nitrogens with zero attached hydrogens (tertiary/aromatic N) is 1. The van der Waals surface area contributed by atoms with Crippen molar-refractivity contribution in [2.75, 3.05) is 0 Å². The van der Waals surface area contributed by atoms with E-state index in [1.807, 2.05) is 25.1 Å². The highest BCUT2D eigenvalue weighted by molar-refractivity contribution is 5.62. The zero-order valence-electron chi connectivity index (χ0n) is 12.9. The smallest absolute Gasteiger partial charge is 0.126 e. The summed E-state index contributed by atoms with van der Waals surface area (Å²) in [4.78, 5) is 8.28. The number of benzene rings is 1. The summed E-state index contributed by atoms with van der Waals surface area (Å²) in [5.41, 5.74) is 9.36. The van der Waals surface area contributed by atoms with Crippen molar-refractivity contribution in [2.24, 2.45) is 5.73 Å². The Hall–Kier alpha value is -1.61. The Kier molecular flexibility index (Phi) is 4.29. The van der Waals surface area contributed by atoms with Crippen LogP contribution in [0.1, 0.15) is 58.0 Å². The van der Waals surface area contributed by atoms with E-state index in [-0.39, 0.29) is 0 Å². The molecule has 0 radical (unpaired) electrons. The first-order valence-electron chi connectivity index (χ1n) is 7.40. The van der Waals surface area contributed by atoms with Gasteiger partial charge in [-0.25, -0.2) is 4.98 Å². The van der Waals surface area contributed by atoms with Crippen LogP contribution in [0.4, 0.5) is 0 Å². The summed E-state index contributed by atoms with van der Waals surface area (Å²) in [6, 6.07) is 10.3. The fourth-order valence-electron chi connectivity index (χ4n) is 2.53. The molecule has 0 saturated carbocycles. The fraction of sp³-hybridized carbons (Fsp3) is 0.471. The van der Waals surface area contributed by atoms with Crippen molar-refractivity contribution >= 4 is 0 Å². The third-order valence-electron chi connectivity index (χ3n) is 3.67. The van der Waals surface area contributed by atoms with Crippen molar-refractivity contribution in [1.82, 2.24) is 9.97 Å². The average Bonchev–Trinajstić information content (AvgIpc) is 2.85. The first kappa shape index (κ1) is 14.8. The molecule has 0 spiro atoms. The van der Waals surface area contributed by atoms with Crippen molar-refractivity contribution in [3.05, 3.63) is 41.9 Å². The van der Waals surface area contributed by atoms with E-state index in [0.29, 0.717) is 5.92 Å². The highest BCUT2D eigenvalue weighted by Crippen LogP contribution is 2.30. The van der Waals surface area contributed by atoms with Crippen LogP contribution in [0.5, 0.6) is 0 Å². The van der Waals surface area contributed by atoms with Crippen LogP contribution in [0.15, 0.2) is 30.3 Å². The van der Waals surface area contributed by atoms with Crippen LogP contribution in [-0.4, -0.2) is 9.97 Å². The number of aromatic amines is 1. The minimum Gasteiger partial charge on any atom is -0.344 e. The molecule has 0 amide bonds. The number of nitrogens with one attached hydrogen (secondary N) is 1. The summed E-state index contributed by atoms with van der Waals surface area (Å²) in [7, 11) is 0. The first-order valence-corrected chi connectivity index (χ1v) is 7.40. The van der Waals surface area contributed by atoms with Gasteiger partial charge in [-0.15, -0.1) is 0 Å². The zero-order valence-corrected chi connectivity index (χ0v) is 12.9. The van der Waals surface area contributed by atoms with Crippen LogP contribution >= 0.6 is 0 Å². The second-order valence-corrected chi connectivity index (χ2v) is 6.04. The number of aromatic nitrogens is 2. The Bertz CT molecular complexity index is 553. The van der Waals surface area contributed by atoms with Gasteiger partial charge in [-0.3, -0.25) is 0 Å². The fourth-order valence-corrected chi connectivity index (χ4v) is 2.53. The molecule has 3 heteroatoms. The van der Waals surface area contributed by atoms with E-state index in [9.17, 15) is 0 Å². The number of rotatable bonds is 5. The van der Waals surface area contributed by atoms with Gasteiger partial charge >= 0.3 is 0 Å². The van der Waals surface area contributed by atoms with Crippen LogP contribution in [0.25, 0.3) is 11.3 Å². The highest BCUT2D eigenvalue weighted by atomic mass is 15.0. The lowest BCUT2D eigenvalue weighted by Gasteiger charge is -2.21. The third-order valence-corrected chi connectivity index (χ3v) is 3.67. The van der Waals surface area contributed by atoms with Crippen molar-refractivity contribution in [3.8, 4) is 11.3 Å². The molecule has 2 rings (SSSR count). The molecule has 1 unspecified atom stereocenters. The molecule has 1 aromatic heterocycles. The van der Waals surface area contributed by atoms with E-state index in [1.54, 1.807) is 0 Å². The number of hydrogen-bond acceptors (Lipinski definition) is 2. The maximum absolute atomic E-state index is 6.42. The van der Waals surface area contributed by atoms with Gasteiger partial charge in [-0.2, -0.15) is 0 Å². The van der Waals surface area contributed by atoms with Crippen LogP contribution in [-0.2, 0) is 5.54 Å². The predicted octanol–water partition coefficient (Wildman–Crippen LogP) is 4.17. The second kappa shape index (κ2) is 5.80. The molecule has 0 aliphatic heterocycles. The number of H-pyrrole nitrogens is 1. The first-order chi connectivity index (χ1) is 9.45. The standard InChI is InChI=1S/C17H25N3/c1-5-11-17(4,18)16-19-14(12(2)3)15(20-16)13-9-7-6-8-10-13/h6-10,12H,5,11,18H2,1-4H3,(H,19,20). The van der Waals surface area contributed by atoms with Crippen molar-refractivity contribution in [1.29, 1.82) is 0 Å². The van der Waals surface area contributed by atoms with Gasteiger partial charge in [0.1, 0.15) is 5.82 Å². The molecule has 1 heterocycles. The van der Waals surface area contributed by atoms with E-state index in [4.69, 9.17) is 10.7 Å². The van der Waals surface area contributed by atoms with Gasteiger partial charge in [-0.1, -0.05) is 57.5 Å². The van der Waals surface area contributed by atoms with Crippen LogP contribution in [0, 0.1) is 0 Å². The minimum absolute atomic E-state index is 0.392. The Morgan fingerprint density at radius 2 is 1.90 bits per heavy atom. The molecule has 3 N–H and O–H groups in total. The molecule has 0 saturated heterocycles. The van der Waals surface area contributed by atoms with Crippen molar-refractivity contribution in [2.45, 2.75) is 52.0 Å².